The predicted molar refractivity (Wildman–Crippen MR) is 133 cm³/mol. The van der Waals surface area contributed by atoms with E-state index in [4.69, 9.17) is 43.6 Å². The fourth-order valence-corrected chi connectivity index (χ4v) is 2.68. The number of aliphatic hydroxyl groups excluding tert-OH is 1. The van der Waals surface area contributed by atoms with Crippen molar-refractivity contribution in [3.63, 3.8) is 0 Å². The van der Waals surface area contributed by atoms with Crippen molar-refractivity contribution < 1.29 is 53.5 Å². The molecule has 6 heteroatoms. The molecule has 0 saturated carbocycles. The summed E-state index contributed by atoms with van der Waals surface area (Å²) in [4.78, 5) is 12.6. The lowest BCUT2D eigenvalue weighted by Crippen LogP contribution is -2.23. The Morgan fingerprint density at radius 2 is 1.38 bits per heavy atom. The Kier molecular flexibility index (Phi) is 3.22. The molecule has 2 aliphatic heterocycles. The summed E-state index contributed by atoms with van der Waals surface area (Å²) >= 11 is 0. The third-order valence-electron chi connectivity index (χ3n) is 4.50. The molecule has 1 unspecified atom stereocenters. The molecule has 0 saturated heterocycles. The van der Waals surface area contributed by atoms with Gasteiger partial charge in [0.25, 0.3) is 0 Å². The van der Waals surface area contributed by atoms with Gasteiger partial charge in [-0.05, 0) is 46.9 Å². The number of ether oxygens (including phenoxy) is 4. The zero-order valence-corrected chi connectivity index (χ0v) is 17.8. The van der Waals surface area contributed by atoms with E-state index in [0.29, 0.717) is 40.2 Å². The topological polar surface area (TPSA) is 74.2 Å². The lowest BCUT2D eigenvalue weighted by molar-refractivity contribution is -0.121. The second-order valence-corrected chi connectivity index (χ2v) is 7.28. The molecule has 0 aromatic heterocycles. The summed E-state index contributed by atoms with van der Waals surface area (Å²) in [6, 6.07) is 9.26. The van der Waals surface area contributed by atoms with Gasteiger partial charge in [-0.25, -0.2) is 0 Å². The van der Waals surface area contributed by atoms with Crippen LogP contribution < -0.4 is 18.9 Å². The average molecular weight is 485 g/mol. The van der Waals surface area contributed by atoms with Crippen LogP contribution in [0.4, 0.5) is 0 Å². The Balaban J connectivity index is 0.000000280. The highest BCUT2D eigenvalue weighted by atomic mass is 16.7. The number of allylic oxidation sites excluding steroid dienone is 1. The van der Waals surface area contributed by atoms with Gasteiger partial charge in [0.05, 0.1) is 6.10 Å². The molecule has 6 nitrogen and oxygen atoms in total. The SMILES string of the molecule is [2H]C([2H])([2H])C(C(=O)/C=C/c1ccc2c(c1)OCO2)(C([2H])([2H])[2H])C([2H])([2H])[2H].[2H]C([2H])([2H])C(C(O)/C=C/c1ccc2c(c1)OCO2)(C([2H])([2H])[2H])C([2H])([2H])[2H]. The smallest absolute Gasteiger partial charge is 0.231 e. The molecule has 0 radical (unpaired) electrons. The van der Waals surface area contributed by atoms with Crippen molar-refractivity contribution in [3.8, 4) is 23.0 Å². The highest BCUT2D eigenvalue weighted by Crippen LogP contribution is 2.34. The molecule has 34 heavy (non-hydrogen) atoms. The first-order chi connectivity index (χ1) is 23.4. The minimum atomic E-state index is -3.57. The highest BCUT2D eigenvalue weighted by Gasteiger charge is 2.20. The van der Waals surface area contributed by atoms with E-state index in [-0.39, 0.29) is 13.6 Å². The molecule has 2 aliphatic rings. The van der Waals surface area contributed by atoms with Crippen molar-refractivity contribution in [2.45, 2.75) is 47.2 Å². The number of benzene rings is 2. The number of ketones is 1. The minimum absolute atomic E-state index is 0.0295. The van der Waals surface area contributed by atoms with Crippen LogP contribution in [0.5, 0.6) is 23.0 Å². The van der Waals surface area contributed by atoms with Gasteiger partial charge in [0.2, 0.25) is 13.6 Å². The number of rotatable bonds is 4. The van der Waals surface area contributed by atoms with E-state index in [2.05, 4.69) is 0 Å². The maximum absolute atomic E-state index is 12.6. The third kappa shape index (κ3) is 6.87. The first-order valence-corrected chi connectivity index (χ1v) is 9.81. The predicted octanol–water partition coefficient (Wildman–Crippen LogP) is 5.88. The fourth-order valence-electron chi connectivity index (χ4n) is 2.68. The van der Waals surface area contributed by atoms with E-state index in [1.54, 1.807) is 18.2 Å². The summed E-state index contributed by atoms with van der Waals surface area (Å²) in [7, 11) is 0. The summed E-state index contributed by atoms with van der Waals surface area (Å²) in [5.41, 5.74) is -6.03. The van der Waals surface area contributed by atoms with Crippen LogP contribution >= 0.6 is 0 Å². The van der Waals surface area contributed by atoms with E-state index in [0.717, 1.165) is 12.2 Å². The molecule has 1 N–H and O–H groups in total. The monoisotopic (exact) mass is 484 g/mol. The molecule has 0 bridgehead atoms. The molecule has 4 rings (SSSR count). The van der Waals surface area contributed by atoms with E-state index < -0.39 is 63.8 Å². The molecule has 2 aromatic carbocycles. The van der Waals surface area contributed by atoms with Gasteiger partial charge in [-0.2, -0.15) is 0 Å². The second-order valence-electron chi connectivity index (χ2n) is 7.28. The van der Waals surface area contributed by atoms with Crippen LogP contribution in [0.3, 0.4) is 0 Å². The van der Waals surface area contributed by atoms with Crippen molar-refractivity contribution >= 4 is 17.9 Å². The average Bonchev–Trinajstić information content (AvgIpc) is 3.60. The molecule has 2 heterocycles. The first-order valence-electron chi connectivity index (χ1n) is 18.8. The van der Waals surface area contributed by atoms with E-state index in [9.17, 15) is 9.90 Å². The number of hydrogen-bond donors (Lipinski definition) is 1. The Hall–Kier alpha value is -3.25. The van der Waals surface area contributed by atoms with Gasteiger partial charge in [0.1, 0.15) is 0 Å². The Bertz CT molecular complexity index is 1590. The maximum atomic E-state index is 12.6. The maximum Gasteiger partial charge on any atom is 0.231 e. The van der Waals surface area contributed by atoms with Crippen molar-refractivity contribution in [1.29, 1.82) is 0 Å². The Morgan fingerprint density at radius 3 is 1.91 bits per heavy atom. The molecule has 0 spiro atoms. The fraction of sp³-hybridized carbons (Fsp3) is 0.393. The second kappa shape index (κ2) is 10.3. The minimum Gasteiger partial charge on any atom is -0.454 e. The number of carbonyl (C=O) groups excluding carboxylic acids is 1. The highest BCUT2D eigenvalue weighted by molar-refractivity contribution is 5.97. The summed E-state index contributed by atoms with van der Waals surface area (Å²) in [5, 5.41) is 10.4. The normalized spacial score (nSPS) is 25.4. The Morgan fingerprint density at radius 1 is 0.853 bits per heavy atom. The molecular weight excluding hydrogens is 432 g/mol. The summed E-state index contributed by atoms with van der Waals surface area (Å²) in [6.45, 7) is -21.0. The molecular formula is C28H34O6. The molecule has 0 fully saturated rings. The largest absolute Gasteiger partial charge is 0.454 e. The quantitative estimate of drug-likeness (QED) is 0.546. The van der Waals surface area contributed by atoms with E-state index in [1.807, 2.05) is 0 Å². The molecule has 0 aliphatic carbocycles. The molecule has 182 valence electrons. The van der Waals surface area contributed by atoms with Crippen LogP contribution in [-0.2, 0) is 4.79 Å². The molecule has 1 atom stereocenters. The zero-order valence-electron chi connectivity index (χ0n) is 35.8. The van der Waals surface area contributed by atoms with Crippen molar-refractivity contribution in [1.82, 2.24) is 0 Å². The van der Waals surface area contributed by atoms with Gasteiger partial charge in [-0.1, -0.05) is 71.5 Å². The third-order valence-corrected chi connectivity index (χ3v) is 4.50. The van der Waals surface area contributed by atoms with Crippen LogP contribution in [0, 0.1) is 10.8 Å². The van der Waals surface area contributed by atoms with Gasteiger partial charge in [-0.3, -0.25) is 4.79 Å². The molecule has 2 aromatic rings. The summed E-state index contributed by atoms with van der Waals surface area (Å²) in [5.74, 6) is 0.290. The molecule has 0 amide bonds. The number of aliphatic hydroxyl groups is 1. The van der Waals surface area contributed by atoms with Crippen molar-refractivity contribution in [3.05, 3.63) is 59.7 Å². The van der Waals surface area contributed by atoms with Crippen LogP contribution in [0.2, 0.25) is 0 Å². The van der Waals surface area contributed by atoms with Crippen LogP contribution in [0.25, 0.3) is 12.2 Å². The summed E-state index contributed by atoms with van der Waals surface area (Å²) < 4.78 is 156. The van der Waals surface area contributed by atoms with Crippen molar-refractivity contribution in [2.24, 2.45) is 10.8 Å². The van der Waals surface area contributed by atoms with Gasteiger partial charge in [0, 0.05) is 30.1 Å². The van der Waals surface area contributed by atoms with Gasteiger partial charge < -0.3 is 24.1 Å². The Labute approximate surface area is 227 Å². The van der Waals surface area contributed by atoms with Gasteiger partial charge >= 0.3 is 0 Å². The first kappa shape index (κ1) is 10.6. The van der Waals surface area contributed by atoms with E-state index in [1.165, 1.54) is 24.3 Å². The lowest BCUT2D eigenvalue weighted by atomic mass is 9.89. The lowest BCUT2D eigenvalue weighted by Gasteiger charge is -2.22. The number of fused-ring (bicyclic) bond motifs is 2. The zero-order chi connectivity index (χ0) is 39.9. The van der Waals surface area contributed by atoms with Gasteiger partial charge in [0.15, 0.2) is 28.8 Å². The van der Waals surface area contributed by atoms with Crippen LogP contribution in [0.15, 0.2) is 48.6 Å². The standard InChI is InChI=1S/C14H18O3.C14H16O3/c2*1-14(2,3)13(15)7-5-10-4-6-11-12(8-10)17-9-16-11/h4-8,13,15H,9H2,1-3H3;4-8H,9H2,1-3H3/b2*7-5+/i2*1D3,2D3,3D3. The van der Waals surface area contributed by atoms with Gasteiger partial charge in [-0.15, -0.1) is 0 Å². The van der Waals surface area contributed by atoms with Crippen molar-refractivity contribution in [2.75, 3.05) is 13.6 Å². The van der Waals surface area contributed by atoms with Crippen LogP contribution in [-0.4, -0.2) is 30.6 Å². The number of hydrogen-bond acceptors (Lipinski definition) is 6. The summed E-state index contributed by atoms with van der Waals surface area (Å²) in [6.07, 6.45) is 1.64. The van der Waals surface area contributed by atoms with E-state index >= 15 is 0 Å². The number of carbonyl (C=O) groups is 1. The van der Waals surface area contributed by atoms with Crippen LogP contribution in [0.1, 0.15) is 76.9 Å².